The number of hydrogen-bond acceptors (Lipinski definition) is 4. The first kappa shape index (κ1) is 26.0. The number of rotatable bonds is 9. The molecule has 1 N–H and O–H groups in total. The number of anilines is 1. The number of amides is 2. The first-order valence-electron chi connectivity index (χ1n) is 9.99. The Bertz CT molecular complexity index is 1080. The molecule has 10 heteroatoms. The van der Waals surface area contributed by atoms with E-state index in [1.165, 1.54) is 4.90 Å². The van der Waals surface area contributed by atoms with Gasteiger partial charge in [0, 0.05) is 23.1 Å². The van der Waals surface area contributed by atoms with E-state index in [1.54, 1.807) is 63.2 Å². The van der Waals surface area contributed by atoms with Crippen molar-refractivity contribution < 1.29 is 18.0 Å². The predicted molar refractivity (Wildman–Crippen MR) is 129 cm³/mol. The van der Waals surface area contributed by atoms with Gasteiger partial charge in [0.25, 0.3) is 0 Å². The van der Waals surface area contributed by atoms with Crippen molar-refractivity contribution in [3.8, 4) is 0 Å². The van der Waals surface area contributed by atoms with Crippen LogP contribution in [-0.2, 0) is 26.2 Å². The molecule has 2 aromatic rings. The fourth-order valence-corrected chi connectivity index (χ4v) is 4.44. The molecule has 2 aromatic carbocycles. The van der Waals surface area contributed by atoms with Crippen LogP contribution in [0.2, 0.25) is 10.0 Å². The molecule has 0 aromatic heterocycles. The Kier molecular flexibility index (Phi) is 8.95. The van der Waals surface area contributed by atoms with Crippen LogP contribution in [0.15, 0.2) is 42.5 Å². The van der Waals surface area contributed by atoms with Crippen LogP contribution in [-0.4, -0.2) is 50.5 Å². The molecule has 0 aliphatic carbocycles. The summed E-state index contributed by atoms with van der Waals surface area (Å²) in [6.45, 7) is 5.17. The summed E-state index contributed by atoms with van der Waals surface area (Å²) in [4.78, 5) is 27.2. The van der Waals surface area contributed by atoms with Gasteiger partial charge in [0.05, 0.1) is 11.9 Å². The number of hydrogen-bond donors (Lipinski definition) is 1. The van der Waals surface area contributed by atoms with Gasteiger partial charge in [-0.05, 0) is 62.2 Å². The van der Waals surface area contributed by atoms with Crippen LogP contribution in [0, 0.1) is 6.92 Å². The molecule has 2 rings (SSSR count). The molecular formula is C22H27Cl2N3O4S. The van der Waals surface area contributed by atoms with Crippen molar-refractivity contribution in [3.63, 3.8) is 0 Å². The first-order chi connectivity index (χ1) is 14.9. The summed E-state index contributed by atoms with van der Waals surface area (Å²) in [6, 6.07) is 10.8. The topological polar surface area (TPSA) is 86.8 Å². The van der Waals surface area contributed by atoms with E-state index in [-0.39, 0.29) is 12.5 Å². The van der Waals surface area contributed by atoms with Crippen LogP contribution < -0.4 is 9.62 Å². The first-order valence-corrected chi connectivity index (χ1v) is 12.6. The summed E-state index contributed by atoms with van der Waals surface area (Å²) < 4.78 is 26.1. The zero-order chi connectivity index (χ0) is 24.1. The minimum Gasteiger partial charge on any atom is -0.355 e. The van der Waals surface area contributed by atoms with Gasteiger partial charge < -0.3 is 10.2 Å². The number of carbonyl (C=O) groups is 2. The Balaban J connectivity index is 2.40. The third kappa shape index (κ3) is 6.85. The van der Waals surface area contributed by atoms with E-state index in [4.69, 9.17) is 23.2 Å². The standard InChI is InChI=1S/C22H27Cl2N3O4S/c1-5-25-22(29)16(3)26(13-17-6-8-18(23)9-7-17)21(28)14-27(32(4,30)31)20-11-10-19(24)12-15(20)2/h6-12,16H,5,13-14H2,1-4H3,(H,25,29). The van der Waals surface area contributed by atoms with Crippen molar-refractivity contribution in [2.75, 3.05) is 23.7 Å². The minimum atomic E-state index is -3.79. The Hall–Kier alpha value is -2.29. The van der Waals surface area contributed by atoms with E-state index in [2.05, 4.69) is 5.32 Å². The van der Waals surface area contributed by atoms with Crippen molar-refractivity contribution in [3.05, 3.63) is 63.6 Å². The summed E-state index contributed by atoms with van der Waals surface area (Å²) in [6.07, 6.45) is 1.03. The molecule has 0 bridgehead atoms. The Morgan fingerprint density at radius 1 is 1.06 bits per heavy atom. The average molecular weight is 500 g/mol. The van der Waals surface area contributed by atoms with Crippen molar-refractivity contribution in [2.24, 2.45) is 0 Å². The van der Waals surface area contributed by atoms with Crippen LogP contribution in [0.4, 0.5) is 5.69 Å². The van der Waals surface area contributed by atoms with Gasteiger partial charge in [0.1, 0.15) is 12.6 Å². The van der Waals surface area contributed by atoms with E-state index in [9.17, 15) is 18.0 Å². The van der Waals surface area contributed by atoms with Crippen molar-refractivity contribution >= 4 is 50.7 Å². The molecule has 0 saturated heterocycles. The third-order valence-electron chi connectivity index (χ3n) is 4.89. The van der Waals surface area contributed by atoms with Crippen LogP contribution in [0.1, 0.15) is 25.0 Å². The summed E-state index contributed by atoms with van der Waals surface area (Å²) in [5.74, 6) is -0.845. The van der Waals surface area contributed by atoms with E-state index in [0.29, 0.717) is 27.8 Å². The lowest BCUT2D eigenvalue weighted by Gasteiger charge is -2.31. The second-order valence-corrected chi connectivity index (χ2v) is 10.2. The highest BCUT2D eigenvalue weighted by molar-refractivity contribution is 7.92. The third-order valence-corrected chi connectivity index (χ3v) is 6.50. The van der Waals surface area contributed by atoms with Gasteiger partial charge in [-0.3, -0.25) is 13.9 Å². The number of nitrogens with one attached hydrogen (secondary N) is 1. The fraction of sp³-hybridized carbons (Fsp3) is 0.364. The minimum absolute atomic E-state index is 0.117. The molecular weight excluding hydrogens is 473 g/mol. The number of aryl methyl sites for hydroxylation is 1. The zero-order valence-corrected chi connectivity index (χ0v) is 20.8. The van der Waals surface area contributed by atoms with E-state index < -0.39 is 28.5 Å². The monoisotopic (exact) mass is 499 g/mol. The van der Waals surface area contributed by atoms with Crippen LogP contribution in [0.3, 0.4) is 0 Å². The van der Waals surface area contributed by atoms with Crippen molar-refractivity contribution in [1.82, 2.24) is 10.2 Å². The molecule has 0 spiro atoms. The highest BCUT2D eigenvalue weighted by atomic mass is 35.5. The molecule has 2 amide bonds. The second kappa shape index (κ2) is 11.0. The molecule has 1 atom stereocenters. The van der Waals surface area contributed by atoms with Crippen LogP contribution >= 0.6 is 23.2 Å². The molecule has 1 unspecified atom stereocenters. The maximum atomic E-state index is 13.4. The average Bonchev–Trinajstić information content (AvgIpc) is 2.71. The van der Waals surface area contributed by atoms with Gasteiger partial charge in [0.2, 0.25) is 21.8 Å². The van der Waals surface area contributed by atoms with Crippen molar-refractivity contribution in [2.45, 2.75) is 33.4 Å². The van der Waals surface area contributed by atoms with Crippen LogP contribution in [0.5, 0.6) is 0 Å². The van der Waals surface area contributed by atoms with Gasteiger partial charge in [-0.25, -0.2) is 8.42 Å². The van der Waals surface area contributed by atoms with Gasteiger partial charge in [-0.15, -0.1) is 0 Å². The lowest BCUT2D eigenvalue weighted by atomic mass is 10.1. The molecule has 0 aliphatic rings. The molecule has 0 fully saturated rings. The molecule has 32 heavy (non-hydrogen) atoms. The Labute approximate surface area is 199 Å². The lowest BCUT2D eigenvalue weighted by Crippen LogP contribution is -2.51. The van der Waals surface area contributed by atoms with E-state index >= 15 is 0 Å². The quantitative estimate of drug-likeness (QED) is 0.570. The predicted octanol–water partition coefficient (Wildman–Crippen LogP) is 3.62. The van der Waals surface area contributed by atoms with Crippen LogP contribution in [0.25, 0.3) is 0 Å². The normalized spacial score (nSPS) is 12.2. The molecule has 0 aliphatic heterocycles. The SMILES string of the molecule is CCNC(=O)C(C)N(Cc1ccc(Cl)cc1)C(=O)CN(c1ccc(Cl)cc1C)S(C)(=O)=O. The number of nitrogens with zero attached hydrogens (tertiary/aromatic N) is 2. The number of benzene rings is 2. The highest BCUT2D eigenvalue weighted by Crippen LogP contribution is 2.26. The maximum absolute atomic E-state index is 13.4. The van der Waals surface area contributed by atoms with Gasteiger partial charge in [-0.2, -0.15) is 0 Å². The van der Waals surface area contributed by atoms with Gasteiger partial charge in [-0.1, -0.05) is 35.3 Å². The molecule has 7 nitrogen and oxygen atoms in total. The number of likely N-dealkylation sites (N-methyl/N-ethyl adjacent to an activating group) is 1. The molecule has 0 saturated carbocycles. The van der Waals surface area contributed by atoms with E-state index in [1.807, 2.05) is 0 Å². The number of sulfonamides is 1. The molecule has 0 radical (unpaired) electrons. The van der Waals surface area contributed by atoms with Gasteiger partial charge >= 0.3 is 0 Å². The second-order valence-electron chi connectivity index (χ2n) is 7.42. The molecule has 0 heterocycles. The summed E-state index contributed by atoms with van der Waals surface area (Å²) in [5, 5.41) is 3.71. The van der Waals surface area contributed by atoms with E-state index in [0.717, 1.165) is 16.1 Å². The summed E-state index contributed by atoms with van der Waals surface area (Å²) in [5.41, 5.74) is 1.71. The fourth-order valence-electron chi connectivity index (χ4n) is 3.18. The maximum Gasteiger partial charge on any atom is 0.244 e. The lowest BCUT2D eigenvalue weighted by molar-refractivity contribution is -0.139. The van der Waals surface area contributed by atoms with Gasteiger partial charge in [0.15, 0.2) is 0 Å². The summed E-state index contributed by atoms with van der Waals surface area (Å²) in [7, 11) is -3.79. The Morgan fingerprint density at radius 2 is 1.66 bits per heavy atom. The van der Waals surface area contributed by atoms with Crippen molar-refractivity contribution in [1.29, 1.82) is 0 Å². The number of halogens is 2. The largest absolute Gasteiger partial charge is 0.355 e. The highest BCUT2D eigenvalue weighted by Gasteiger charge is 2.30. The number of carbonyl (C=O) groups excluding carboxylic acids is 2. The summed E-state index contributed by atoms with van der Waals surface area (Å²) >= 11 is 12.0. The Morgan fingerprint density at radius 3 is 2.19 bits per heavy atom. The molecule has 174 valence electrons. The zero-order valence-electron chi connectivity index (χ0n) is 18.4. The smallest absolute Gasteiger partial charge is 0.244 e.